The second kappa shape index (κ2) is 4.38. The standard InChI is InChI=1S/C8H5BrN2O2S2/c1-13-8-10-2-4(15-8)6(12)5-7(9)14-3-11-5/h2-3H,1H3. The molecule has 0 fully saturated rings. The van der Waals surface area contributed by atoms with Crippen LogP contribution in [0.1, 0.15) is 15.4 Å². The van der Waals surface area contributed by atoms with Gasteiger partial charge in [-0.2, -0.15) is 0 Å². The lowest BCUT2D eigenvalue weighted by Gasteiger charge is -1.92. The molecule has 7 heteroatoms. The molecule has 0 amide bonds. The normalized spacial score (nSPS) is 10.3. The Balaban J connectivity index is 2.32. The Kier molecular flexibility index (Phi) is 3.13. The fourth-order valence-corrected chi connectivity index (χ4v) is 2.67. The van der Waals surface area contributed by atoms with Gasteiger partial charge in [-0.15, -0.1) is 11.3 Å². The average molecular weight is 305 g/mol. The minimum atomic E-state index is -0.135. The summed E-state index contributed by atoms with van der Waals surface area (Å²) in [6, 6.07) is 0. The molecular formula is C8H5BrN2O2S2. The van der Waals surface area contributed by atoms with Crippen LogP contribution in [0.25, 0.3) is 0 Å². The highest BCUT2D eigenvalue weighted by Gasteiger charge is 2.18. The lowest BCUT2D eigenvalue weighted by atomic mass is 10.3. The molecule has 0 radical (unpaired) electrons. The fraction of sp³-hybridized carbons (Fsp3) is 0.125. The summed E-state index contributed by atoms with van der Waals surface area (Å²) in [5.74, 6) is -0.135. The highest BCUT2D eigenvalue weighted by atomic mass is 79.9. The van der Waals surface area contributed by atoms with Crippen LogP contribution in [0.4, 0.5) is 0 Å². The van der Waals surface area contributed by atoms with Gasteiger partial charge in [-0.1, -0.05) is 11.3 Å². The van der Waals surface area contributed by atoms with Gasteiger partial charge in [0.2, 0.25) is 5.78 Å². The summed E-state index contributed by atoms with van der Waals surface area (Å²) in [4.78, 5) is 20.3. The maximum atomic E-state index is 11.9. The van der Waals surface area contributed by atoms with Gasteiger partial charge in [0, 0.05) is 0 Å². The van der Waals surface area contributed by atoms with E-state index >= 15 is 0 Å². The number of ether oxygens (including phenoxy) is 1. The van der Waals surface area contributed by atoms with Gasteiger partial charge in [0.05, 0.1) is 18.8 Å². The third kappa shape index (κ3) is 2.09. The first-order valence-corrected chi connectivity index (χ1v) is 6.34. The number of hydrogen-bond donors (Lipinski definition) is 0. The van der Waals surface area contributed by atoms with Gasteiger partial charge >= 0.3 is 0 Å². The molecule has 2 rings (SSSR count). The summed E-state index contributed by atoms with van der Waals surface area (Å²) >= 11 is 5.86. The monoisotopic (exact) mass is 304 g/mol. The molecule has 0 bridgehead atoms. The van der Waals surface area contributed by atoms with E-state index in [2.05, 4.69) is 25.9 Å². The maximum Gasteiger partial charge on any atom is 0.273 e. The first-order chi connectivity index (χ1) is 7.22. The topological polar surface area (TPSA) is 52.1 Å². The van der Waals surface area contributed by atoms with E-state index in [-0.39, 0.29) is 5.78 Å². The first-order valence-electron chi connectivity index (χ1n) is 3.86. The third-order valence-corrected chi connectivity index (χ3v) is 4.13. The predicted molar refractivity (Wildman–Crippen MR) is 61.9 cm³/mol. The second-order valence-electron chi connectivity index (χ2n) is 2.50. The van der Waals surface area contributed by atoms with Crippen LogP contribution in [-0.2, 0) is 0 Å². The van der Waals surface area contributed by atoms with E-state index < -0.39 is 0 Å². The first kappa shape index (κ1) is 10.7. The Morgan fingerprint density at radius 2 is 2.33 bits per heavy atom. The molecule has 0 unspecified atom stereocenters. The van der Waals surface area contributed by atoms with Crippen molar-refractivity contribution in [1.82, 2.24) is 9.97 Å². The van der Waals surface area contributed by atoms with Crippen molar-refractivity contribution in [3.05, 3.63) is 26.1 Å². The second-order valence-corrected chi connectivity index (χ2v) is 5.66. The molecule has 15 heavy (non-hydrogen) atoms. The van der Waals surface area contributed by atoms with E-state index in [4.69, 9.17) is 4.74 Å². The largest absolute Gasteiger partial charge is 0.473 e. The van der Waals surface area contributed by atoms with Crippen LogP contribution in [0.5, 0.6) is 5.19 Å². The molecule has 0 aliphatic heterocycles. The molecule has 2 heterocycles. The van der Waals surface area contributed by atoms with E-state index in [9.17, 15) is 4.79 Å². The zero-order valence-electron chi connectivity index (χ0n) is 7.56. The van der Waals surface area contributed by atoms with Crippen molar-refractivity contribution in [2.45, 2.75) is 0 Å². The molecule has 4 nitrogen and oxygen atoms in total. The summed E-state index contributed by atoms with van der Waals surface area (Å²) < 4.78 is 5.65. The van der Waals surface area contributed by atoms with Gasteiger partial charge < -0.3 is 4.74 Å². The molecule has 0 aromatic carbocycles. The summed E-state index contributed by atoms with van der Waals surface area (Å²) in [6.07, 6.45) is 1.50. The number of carbonyl (C=O) groups is 1. The van der Waals surface area contributed by atoms with Crippen molar-refractivity contribution in [3.63, 3.8) is 0 Å². The zero-order valence-corrected chi connectivity index (χ0v) is 10.8. The number of methoxy groups -OCH3 is 1. The molecule has 0 saturated carbocycles. The van der Waals surface area contributed by atoms with Crippen molar-refractivity contribution >= 4 is 44.4 Å². The SMILES string of the molecule is COc1ncc(C(=O)c2ncsc2Br)s1. The number of hydrogen-bond acceptors (Lipinski definition) is 6. The molecule has 0 N–H and O–H groups in total. The third-order valence-electron chi connectivity index (χ3n) is 1.62. The fourth-order valence-electron chi connectivity index (χ4n) is 0.954. The molecule has 0 aliphatic carbocycles. The highest BCUT2D eigenvalue weighted by Crippen LogP contribution is 2.27. The van der Waals surface area contributed by atoms with Crippen LogP contribution in [0.3, 0.4) is 0 Å². The van der Waals surface area contributed by atoms with Crippen LogP contribution in [0.2, 0.25) is 0 Å². The van der Waals surface area contributed by atoms with Gasteiger partial charge in [0.15, 0.2) is 0 Å². The lowest BCUT2D eigenvalue weighted by Crippen LogP contribution is -1.99. The minimum absolute atomic E-state index is 0.135. The van der Waals surface area contributed by atoms with Gasteiger partial charge in [0.1, 0.15) is 14.4 Å². The van der Waals surface area contributed by atoms with Gasteiger partial charge in [-0.3, -0.25) is 4.79 Å². The Labute approximate surface area is 102 Å². The van der Waals surface area contributed by atoms with Crippen LogP contribution >= 0.6 is 38.6 Å². The summed E-state index contributed by atoms with van der Waals surface area (Å²) in [5.41, 5.74) is 2.04. The van der Waals surface area contributed by atoms with Crippen molar-refractivity contribution in [1.29, 1.82) is 0 Å². The van der Waals surface area contributed by atoms with Crippen molar-refractivity contribution in [2.75, 3.05) is 7.11 Å². The number of carbonyl (C=O) groups excluding carboxylic acids is 1. The molecule has 0 saturated heterocycles. The van der Waals surface area contributed by atoms with E-state index in [0.717, 1.165) is 3.79 Å². The Morgan fingerprint density at radius 1 is 1.53 bits per heavy atom. The Morgan fingerprint density at radius 3 is 2.87 bits per heavy atom. The molecule has 2 aromatic rings. The summed E-state index contributed by atoms with van der Waals surface area (Å²) in [7, 11) is 1.52. The lowest BCUT2D eigenvalue weighted by molar-refractivity contribution is 0.103. The van der Waals surface area contributed by atoms with Crippen LogP contribution < -0.4 is 4.74 Å². The summed E-state index contributed by atoms with van der Waals surface area (Å²) in [5, 5.41) is 0.477. The number of ketones is 1. The Bertz CT molecular complexity index is 494. The molecule has 0 atom stereocenters. The highest BCUT2D eigenvalue weighted by molar-refractivity contribution is 9.11. The predicted octanol–water partition coefficient (Wildman–Crippen LogP) is 2.60. The molecule has 0 spiro atoms. The van der Waals surface area contributed by atoms with Gasteiger partial charge in [0.25, 0.3) is 5.19 Å². The van der Waals surface area contributed by atoms with Crippen molar-refractivity contribution in [2.24, 2.45) is 0 Å². The van der Waals surface area contributed by atoms with E-state index in [1.807, 2.05) is 0 Å². The van der Waals surface area contributed by atoms with Crippen LogP contribution in [0, 0.1) is 0 Å². The van der Waals surface area contributed by atoms with Crippen LogP contribution in [-0.4, -0.2) is 22.9 Å². The van der Waals surface area contributed by atoms with Crippen LogP contribution in [0.15, 0.2) is 15.5 Å². The minimum Gasteiger partial charge on any atom is -0.473 e. The van der Waals surface area contributed by atoms with Gasteiger partial charge in [-0.25, -0.2) is 9.97 Å². The molecular weight excluding hydrogens is 300 g/mol. The van der Waals surface area contributed by atoms with E-state index in [0.29, 0.717) is 15.8 Å². The molecule has 78 valence electrons. The quantitative estimate of drug-likeness (QED) is 0.818. The van der Waals surface area contributed by atoms with E-state index in [1.54, 1.807) is 5.51 Å². The number of rotatable bonds is 3. The molecule has 0 aliphatic rings. The van der Waals surface area contributed by atoms with Crippen molar-refractivity contribution < 1.29 is 9.53 Å². The Hall–Kier alpha value is -0.790. The van der Waals surface area contributed by atoms with Crippen molar-refractivity contribution in [3.8, 4) is 5.19 Å². The average Bonchev–Trinajstić information content (AvgIpc) is 2.84. The summed E-state index contributed by atoms with van der Waals surface area (Å²) in [6.45, 7) is 0. The molecule has 2 aromatic heterocycles. The smallest absolute Gasteiger partial charge is 0.273 e. The van der Waals surface area contributed by atoms with Gasteiger partial charge in [-0.05, 0) is 15.9 Å². The number of nitrogens with zero attached hydrogens (tertiary/aromatic N) is 2. The number of thiazole rings is 2. The maximum absolute atomic E-state index is 11.9. The number of aromatic nitrogens is 2. The number of halogens is 1. The zero-order chi connectivity index (χ0) is 10.8. The van der Waals surface area contributed by atoms with E-state index in [1.165, 1.54) is 36.0 Å².